The summed E-state index contributed by atoms with van der Waals surface area (Å²) >= 11 is 0. The van der Waals surface area contributed by atoms with E-state index >= 15 is 0 Å². The molecule has 1 saturated carbocycles. The molecule has 154 valence electrons. The van der Waals surface area contributed by atoms with Crippen molar-refractivity contribution < 1.29 is 13.2 Å². The van der Waals surface area contributed by atoms with Crippen molar-refractivity contribution in [2.24, 2.45) is 0 Å². The highest BCUT2D eigenvalue weighted by Gasteiger charge is 2.43. The smallest absolute Gasteiger partial charge is 0.294 e. The standard InChI is InChI=1S/C22H22N4O3S/c27-22(25(17-11-12-17)19-13-14-30(28,29)15-19)20-23-21(16-7-3-1-4-8-16)26(24-20)18-9-5-2-6-10-18/h1-10,17,19H,11-15H2. The first kappa shape index (κ1) is 19.0. The first-order chi connectivity index (χ1) is 14.5. The minimum atomic E-state index is -3.09. The lowest BCUT2D eigenvalue weighted by molar-refractivity contribution is 0.0668. The van der Waals surface area contributed by atoms with Crippen molar-refractivity contribution >= 4 is 15.7 Å². The van der Waals surface area contributed by atoms with Gasteiger partial charge in [0, 0.05) is 17.6 Å². The maximum Gasteiger partial charge on any atom is 0.294 e. The monoisotopic (exact) mass is 422 g/mol. The van der Waals surface area contributed by atoms with Crippen molar-refractivity contribution in [3.63, 3.8) is 0 Å². The van der Waals surface area contributed by atoms with Crippen molar-refractivity contribution in [1.29, 1.82) is 0 Å². The highest BCUT2D eigenvalue weighted by Crippen LogP contribution is 2.33. The number of rotatable bonds is 5. The Morgan fingerprint density at radius 3 is 2.20 bits per heavy atom. The van der Waals surface area contributed by atoms with E-state index in [4.69, 9.17) is 0 Å². The van der Waals surface area contributed by atoms with Crippen LogP contribution in [0.2, 0.25) is 0 Å². The van der Waals surface area contributed by atoms with E-state index in [1.54, 1.807) is 9.58 Å². The molecule has 8 heteroatoms. The van der Waals surface area contributed by atoms with Crippen LogP contribution in [0.15, 0.2) is 60.7 Å². The van der Waals surface area contributed by atoms with E-state index in [9.17, 15) is 13.2 Å². The Morgan fingerprint density at radius 1 is 0.933 bits per heavy atom. The van der Waals surface area contributed by atoms with Gasteiger partial charge in [-0.25, -0.2) is 18.1 Å². The van der Waals surface area contributed by atoms with Gasteiger partial charge in [0.15, 0.2) is 15.7 Å². The molecule has 1 saturated heterocycles. The summed E-state index contributed by atoms with van der Waals surface area (Å²) in [6.45, 7) is 0. The summed E-state index contributed by atoms with van der Waals surface area (Å²) in [5.41, 5.74) is 1.67. The summed E-state index contributed by atoms with van der Waals surface area (Å²) in [6.07, 6.45) is 2.27. The number of hydrogen-bond donors (Lipinski definition) is 0. The van der Waals surface area contributed by atoms with E-state index in [1.807, 2.05) is 60.7 Å². The molecule has 1 atom stereocenters. The van der Waals surface area contributed by atoms with Crippen LogP contribution in [0, 0.1) is 0 Å². The Balaban J connectivity index is 1.55. The highest BCUT2D eigenvalue weighted by atomic mass is 32.2. The lowest BCUT2D eigenvalue weighted by atomic mass is 10.2. The number of nitrogens with zero attached hydrogens (tertiary/aromatic N) is 4. The second kappa shape index (κ2) is 7.36. The summed E-state index contributed by atoms with van der Waals surface area (Å²) in [5.74, 6) is 0.565. The quantitative estimate of drug-likeness (QED) is 0.631. The van der Waals surface area contributed by atoms with Gasteiger partial charge in [0.1, 0.15) is 0 Å². The molecule has 0 N–H and O–H groups in total. The molecule has 2 heterocycles. The van der Waals surface area contributed by atoms with Crippen molar-refractivity contribution in [3.05, 3.63) is 66.5 Å². The number of sulfone groups is 1. The van der Waals surface area contributed by atoms with Crippen molar-refractivity contribution in [2.45, 2.75) is 31.3 Å². The van der Waals surface area contributed by atoms with Crippen molar-refractivity contribution in [1.82, 2.24) is 19.7 Å². The number of carbonyl (C=O) groups is 1. The van der Waals surface area contributed by atoms with Crippen LogP contribution in [0.3, 0.4) is 0 Å². The number of aromatic nitrogens is 3. The molecule has 7 nitrogen and oxygen atoms in total. The van der Waals surface area contributed by atoms with Crippen LogP contribution in [-0.2, 0) is 9.84 Å². The number of amides is 1. The molecular formula is C22H22N4O3S. The number of benzene rings is 2. The molecule has 0 bridgehead atoms. The third kappa shape index (κ3) is 3.63. The molecule has 1 aliphatic heterocycles. The molecule has 2 fully saturated rings. The van der Waals surface area contributed by atoms with Gasteiger partial charge in [-0.3, -0.25) is 4.79 Å². The van der Waals surface area contributed by atoms with Crippen molar-refractivity contribution in [2.75, 3.05) is 11.5 Å². The molecule has 5 rings (SSSR count). The van der Waals surface area contributed by atoms with Gasteiger partial charge in [-0.15, -0.1) is 5.10 Å². The fourth-order valence-electron chi connectivity index (χ4n) is 4.02. The van der Waals surface area contributed by atoms with Gasteiger partial charge >= 0.3 is 0 Å². The Kier molecular flexibility index (Phi) is 4.66. The number of hydrogen-bond acceptors (Lipinski definition) is 5. The summed E-state index contributed by atoms with van der Waals surface area (Å²) in [4.78, 5) is 19.8. The zero-order chi connectivity index (χ0) is 20.7. The average molecular weight is 423 g/mol. The van der Waals surface area contributed by atoms with E-state index in [2.05, 4.69) is 10.1 Å². The zero-order valence-corrected chi connectivity index (χ0v) is 17.2. The van der Waals surface area contributed by atoms with Crippen LogP contribution in [-0.4, -0.2) is 57.6 Å². The molecule has 2 aromatic carbocycles. The van der Waals surface area contributed by atoms with Crippen LogP contribution < -0.4 is 0 Å². The van der Waals surface area contributed by atoms with Crippen LogP contribution in [0.4, 0.5) is 0 Å². The second-order valence-electron chi connectivity index (χ2n) is 7.87. The van der Waals surface area contributed by atoms with E-state index in [0.29, 0.717) is 12.2 Å². The first-order valence-electron chi connectivity index (χ1n) is 10.1. The van der Waals surface area contributed by atoms with Gasteiger partial charge in [-0.1, -0.05) is 48.5 Å². The second-order valence-corrected chi connectivity index (χ2v) is 10.1. The van der Waals surface area contributed by atoms with Gasteiger partial charge in [0.2, 0.25) is 5.82 Å². The fraction of sp³-hybridized carbons (Fsp3) is 0.318. The lowest BCUT2D eigenvalue weighted by Gasteiger charge is -2.27. The normalized spacial score (nSPS) is 20.2. The lowest BCUT2D eigenvalue weighted by Crippen LogP contribution is -2.43. The fourth-order valence-corrected chi connectivity index (χ4v) is 5.73. The van der Waals surface area contributed by atoms with Gasteiger partial charge in [0.25, 0.3) is 5.91 Å². The van der Waals surface area contributed by atoms with Crippen molar-refractivity contribution in [3.8, 4) is 17.1 Å². The van der Waals surface area contributed by atoms with E-state index < -0.39 is 9.84 Å². The topological polar surface area (TPSA) is 85.2 Å². The molecule has 0 spiro atoms. The minimum Gasteiger partial charge on any atom is -0.329 e. The van der Waals surface area contributed by atoms with Crippen LogP contribution >= 0.6 is 0 Å². The van der Waals surface area contributed by atoms with Crippen LogP contribution in [0.1, 0.15) is 29.9 Å². The average Bonchev–Trinajstić information content (AvgIpc) is 3.38. The number of para-hydroxylation sites is 1. The van der Waals surface area contributed by atoms with Gasteiger partial charge in [-0.05, 0) is 31.4 Å². The third-order valence-corrected chi connectivity index (χ3v) is 7.36. The predicted octanol–water partition coefficient (Wildman–Crippen LogP) is 2.73. The third-order valence-electron chi connectivity index (χ3n) is 5.61. The van der Waals surface area contributed by atoms with Gasteiger partial charge in [0.05, 0.1) is 17.2 Å². The van der Waals surface area contributed by atoms with Gasteiger partial charge in [-0.2, -0.15) is 0 Å². The molecule has 1 aliphatic carbocycles. The molecule has 3 aromatic rings. The number of carbonyl (C=O) groups excluding carboxylic acids is 1. The van der Waals surface area contributed by atoms with E-state index in [-0.39, 0.29) is 35.3 Å². The predicted molar refractivity (Wildman–Crippen MR) is 113 cm³/mol. The first-order valence-corrected chi connectivity index (χ1v) is 11.9. The molecule has 1 unspecified atom stereocenters. The maximum atomic E-state index is 13.4. The van der Waals surface area contributed by atoms with Crippen LogP contribution in [0.25, 0.3) is 17.1 Å². The summed E-state index contributed by atoms with van der Waals surface area (Å²) in [6, 6.07) is 19.0. The summed E-state index contributed by atoms with van der Waals surface area (Å²) < 4.78 is 25.7. The molecule has 1 aromatic heterocycles. The summed E-state index contributed by atoms with van der Waals surface area (Å²) in [7, 11) is -3.09. The molecular weight excluding hydrogens is 400 g/mol. The SMILES string of the molecule is O=C(c1nc(-c2ccccc2)n(-c2ccccc2)n1)N(C1CC1)C1CCS(=O)(=O)C1. The maximum absolute atomic E-state index is 13.4. The Bertz CT molecular complexity index is 1110. The molecule has 30 heavy (non-hydrogen) atoms. The molecule has 2 aliphatic rings. The molecule has 1 amide bonds. The summed E-state index contributed by atoms with van der Waals surface area (Å²) in [5, 5.41) is 4.56. The van der Waals surface area contributed by atoms with Crippen LogP contribution in [0.5, 0.6) is 0 Å². The molecule has 0 radical (unpaired) electrons. The minimum absolute atomic E-state index is 0.0280. The largest absolute Gasteiger partial charge is 0.329 e. The van der Waals surface area contributed by atoms with Gasteiger partial charge < -0.3 is 4.90 Å². The van der Waals surface area contributed by atoms with E-state index in [0.717, 1.165) is 24.1 Å². The Labute approximate surface area is 175 Å². The Hall–Kier alpha value is -3.00. The Morgan fingerprint density at radius 2 is 1.60 bits per heavy atom. The van der Waals surface area contributed by atoms with E-state index in [1.165, 1.54) is 0 Å². The highest BCUT2D eigenvalue weighted by molar-refractivity contribution is 7.91. The zero-order valence-electron chi connectivity index (χ0n) is 16.4.